The Hall–Kier alpha value is -3.07. The third-order valence-electron chi connectivity index (χ3n) is 4.64. The molecule has 30 heavy (non-hydrogen) atoms. The summed E-state index contributed by atoms with van der Waals surface area (Å²) in [5.41, 5.74) is 1.28. The van der Waals surface area contributed by atoms with Crippen LogP contribution in [0.5, 0.6) is 11.5 Å². The first-order valence-electron chi connectivity index (χ1n) is 9.15. The maximum absolute atomic E-state index is 12.9. The number of methoxy groups -OCH3 is 2. The average Bonchev–Trinajstić information content (AvgIpc) is 2.86. The molecule has 0 bridgehead atoms. The van der Waals surface area contributed by atoms with Gasteiger partial charge in [-0.2, -0.15) is 0 Å². The molecule has 0 aromatic heterocycles. The number of para-hydroxylation sites is 2. The topological polar surface area (TPSA) is 94.2 Å². The number of nitrogens with one attached hydrogen (secondary N) is 1. The van der Waals surface area contributed by atoms with Crippen LogP contribution in [-0.2, 0) is 14.3 Å². The SMILES string of the molecule is COc1cc(C(=O)OCC(=O)N2c3ccccc3NC(=O)CC2C)cc(OC)c1Br. The number of amides is 2. The van der Waals surface area contributed by atoms with E-state index in [1.54, 1.807) is 31.2 Å². The van der Waals surface area contributed by atoms with E-state index in [0.29, 0.717) is 27.3 Å². The monoisotopic (exact) mass is 476 g/mol. The van der Waals surface area contributed by atoms with Gasteiger partial charge in [0.05, 0.1) is 31.2 Å². The van der Waals surface area contributed by atoms with Crippen molar-refractivity contribution in [3.05, 3.63) is 46.4 Å². The molecule has 0 spiro atoms. The summed E-state index contributed by atoms with van der Waals surface area (Å²) in [5, 5.41) is 2.79. The fourth-order valence-corrected chi connectivity index (χ4v) is 3.79. The van der Waals surface area contributed by atoms with Crippen molar-refractivity contribution in [3.63, 3.8) is 0 Å². The minimum atomic E-state index is -0.697. The lowest BCUT2D eigenvalue weighted by Crippen LogP contribution is -2.41. The molecule has 2 amide bonds. The summed E-state index contributed by atoms with van der Waals surface area (Å²) in [5.74, 6) is -0.524. The van der Waals surface area contributed by atoms with Crippen LogP contribution in [0.3, 0.4) is 0 Å². The average molecular weight is 477 g/mol. The molecule has 0 fully saturated rings. The van der Waals surface area contributed by atoms with Crippen molar-refractivity contribution < 1.29 is 28.6 Å². The van der Waals surface area contributed by atoms with Crippen LogP contribution in [0.1, 0.15) is 23.7 Å². The summed E-state index contributed by atoms with van der Waals surface area (Å²) < 4.78 is 16.3. The van der Waals surface area contributed by atoms with Gasteiger partial charge in [-0.3, -0.25) is 9.59 Å². The Labute approximate surface area is 182 Å². The smallest absolute Gasteiger partial charge is 0.338 e. The van der Waals surface area contributed by atoms with Gasteiger partial charge in [-0.15, -0.1) is 0 Å². The molecular weight excluding hydrogens is 456 g/mol. The van der Waals surface area contributed by atoms with E-state index in [1.165, 1.54) is 31.3 Å². The van der Waals surface area contributed by atoms with Crippen LogP contribution in [0.2, 0.25) is 0 Å². The summed E-state index contributed by atoms with van der Waals surface area (Å²) in [6, 6.07) is 9.59. The standard InChI is InChI=1S/C21H21BrN2O6/c1-12-8-18(25)23-14-6-4-5-7-15(14)24(12)19(26)11-30-21(27)13-9-16(28-2)20(22)17(10-13)29-3/h4-7,9-10,12H,8,11H2,1-3H3,(H,23,25). The lowest BCUT2D eigenvalue weighted by molar-refractivity contribution is -0.122. The zero-order valence-electron chi connectivity index (χ0n) is 16.7. The largest absolute Gasteiger partial charge is 0.495 e. The van der Waals surface area contributed by atoms with Gasteiger partial charge in [0.15, 0.2) is 6.61 Å². The Morgan fingerprint density at radius 1 is 1.17 bits per heavy atom. The molecule has 3 rings (SSSR count). The van der Waals surface area contributed by atoms with Crippen LogP contribution in [0.15, 0.2) is 40.9 Å². The number of hydrogen-bond acceptors (Lipinski definition) is 6. The maximum Gasteiger partial charge on any atom is 0.338 e. The second-order valence-corrected chi connectivity index (χ2v) is 7.45. The lowest BCUT2D eigenvalue weighted by atomic mass is 10.1. The number of fused-ring (bicyclic) bond motifs is 1. The number of ether oxygens (including phenoxy) is 3. The summed E-state index contributed by atoms with van der Waals surface area (Å²) in [7, 11) is 2.93. The number of nitrogens with zero attached hydrogens (tertiary/aromatic N) is 1. The molecule has 0 radical (unpaired) electrons. The summed E-state index contributed by atoms with van der Waals surface area (Å²) in [6.45, 7) is 1.29. The first-order valence-corrected chi connectivity index (χ1v) is 9.94. The van der Waals surface area contributed by atoms with Crippen LogP contribution < -0.4 is 19.7 Å². The molecule has 1 N–H and O–H groups in total. The fourth-order valence-electron chi connectivity index (χ4n) is 3.24. The quantitative estimate of drug-likeness (QED) is 0.664. The Morgan fingerprint density at radius 2 is 1.80 bits per heavy atom. The number of benzene rings is 2. The van der Waals surface area contributed by atoms with Crippen LogP contribution in [0.25, 0.3) is 0 Å². The van der Waals surface area contributed by atoms with Gasteiger partial charge in [-0.25, -0.2) is 4.79 Å². The molecule has 1 aliphatic heterocycles. The van der Waals surface area contributed by atoms with E-state index in [2.05, 4.69) is 21.2 Å². The van der Waals surface area contributed by atoms with Crippen molar-refractivity contribution in [2.45, 2.75) is 19.4 Å². The minimum Gasteiger partial charge on any atom is -0.495 e. The van der Waals surface area contributed by atoms with Crippen LogP contribution >= 0.6 is 15.9 Å². The van der Waals surface area contributed by atoms with E-state index < -0.39 is 24.5 Å². The highest BCUT2D eigenvalue weighted by Crippen LogP contribution is 2.36. The lowest BCUT2D eigenvalue weighted by Gasteiger charge is -2.27. The van der Waals surface area contributed by atoms with Crippen molar-refractivity contribution >= 4 is 45.1 Å². The van der Waals surface area contributed by atoms with E-state index in [4.69, 9.17) is 14.2 Å². The molecule has 0 aliphatic carbocycles. The summed E-state index contributed by atoms with van der Waals surface area (Å²) >= 11 is 3.34. The normalized spacial score (nSPS) is 15.5. The Kier molecular flexibility index (Phi) is 6.61. The molecule has 8 nitrogen and oxygen atoms in total. The number of halogens is 1. The minimum absolute atomic E-state index is 0.134. The van der Waals surface area contributed by atoms with Crippen molar-refractivity contribution in [2.24, 2.45) is 0 Å². The molecule has 9 heteroatoms. The van der Waals surface area contributed by atoms with Gasteiger partial charge in [0.1, 0.15) is 16.0 Å². The maximum atomic E-state index is 12.9. The Bertz CT molecular complexity index is 968. The van der Waals surface area contributed by atoms with Gasteiger partial charge in [-0.1, -0.05) is 12.1 Å². The Balaban J connectivity index is 1.78. The molecule has 1 unspecified atom stereocenters. The molecule has 0 saturated heterocycles. The number of carbonyl (C=O) groups is 3. The molecular formula is C21H21BrN2O6. The van der Waals surface area contributed by atoms with E-state index in [-0.39, 0.29) is 17.9 Å². The second-order valence-electron chi connectivity index (χ2n) is 6.65. The zero-order chi connectivity index (χ0) is 21.8. The van der Waals surface area contributed by atoms with E-state index in [9.17, 15) is 14.4 Å². The molecule has 1 atom stereocenters. The highest BCUT2D eigenvalue weighted by molar-refractivity contribution is 9.10. The number of carbonyl (C=O) groups excluding carboxylic acids is 3. The predicted molar refractivity (Wildman–Crippen MR) is 114 cm³/mol. The molecule has 1 aliphatic rings. The van der Waals surface area contributed by atoms with Crippen LogP contribution in [0.4, 0.5) is 11.4 Å². The number of hydrogen-bond donors (Lipinski definition) is 1. The van der Waals surface area contributed by atoms with Crippen molar-refractivity contribution in [2.75, 3.05) is 31.0 Å². The summed E-state index contributed by atoms with van der Waals surface area (Å²) in [6.07, 6.45) is 0.134. The van der Waals surface area contributed by atoms with Crippen molar-refractivity contribution in [1.29, 1.82) is 0 Å². The zero-order valence-corrected chi connectivity index (χ0v) is 18.3. The van der Waals surface area contributed by atoms with Gasteiger partial charge < -0.3 is 24.4 Å². The third-order valence-corrected chi connectivity index (χ3v) is 5.42. The molecule has 2 aromatic carbocycles. The number of anilines is 2. The van der Waals surface area contributed by atoms with Gasteiger partial charge in [0.2, 0.25) is 5.91 Å². The molecule has 0 saturated carbocycles. The highest BCUT2D eigenvalue weighted by Gasteiger charge is 2.30. The van der Waals surface area contributed by atoms with Crippen LogP contribution in [-0.4, -0.2) is 44.7 Å². The fraction of sp³-hybridized carbons (Fsp3) is 0.286. The van der Waals surface area contributed by atoms with Crippen molar-refractivity contribution in [1.82, 2.24) is 0 Å². The highest BCUT2D eigenvalue weighted by atomic mass is 79.9. The van der Waals surface area contributed by atoms with E-state index >= 15 is 0 Å². The first kappa shape index (κ1) is 21.6. The number of rotatable bonds is 5. The molecule has 1 heterocycles. The van der Waals surface area contributed by atoms with Gasteiger partial charge in [0.25, 0.3) is 5.91 Å². The molecule has 2 aromatic rings. The number of esters is 1. The molecule has 158 valence electrons. The predicted octanol–water partition coefficient (Wildman–Crippen LogP) is 3.39. The summed E-state index contributed by atoms with van der Waals surface area (Å²) in [4.78, 5) is 39.0. The van der Waals surface area contributed by atoms with Gasteiger partial charge in [0, 0.05) is 12.5 Å². The third kappa shape index (κ3) is 4.40. The van der Waals surface area contributed by atoms with E-state index in [0.717, 1.165) is 0 Å². The van der Waals surface area contributed by atoms with Crippen molar-refractivity contribution in [3.8, 4) is 11.5 Å². The van der Waals surface area contributed by atoms with Gasteiger partial charge >= 0.3 is 5.97 Å². The second kappa shape index (κ2) is 9.17. The van der Waals surface area contributed by atoms with Crippen LogP contribution in [0, 0.1) is 0 Å². The first-order chi connectivity index (χ1) is 14.3. The Morgan fingerprint density at radius 3 is 2.43 bits per heavy atom. The van der Waals surface area contributed by atoms with Gasteiger partial charge in [-0.05, 0) is 47.1 Å². The van der Waals surface area contributed by atoms with E-state index in [1.807, 2.05) is 0 Å².